The zero-order chi connectivity index (χ0) is 31.0. The van der Waals surface area contributed by atoms with Gasteiger partial charge >= 0.3 is 11.9 Å². The first-order valence-electron chi connectivity index (χ1n) is 15.7. The monoisotopic (exact) mass is 610 g/mol. The lowest BCUT2D eigenvalue weighted by atomic mass is 9.90. The summed E-state index contributed by atoms with van der Waals surface area (Å²) in [5.74, 6) is 0.579. The number of halogens is 1. The van der Waals surface area contributed by atoms with Gasteiger partial charge < -0.3 is 18.9 Å². The molecule has 7 heteroatoms. The predicted octanol–water partition coefficient (Wildman–Crippen LogP) is 8.96. The van der Waals surface area contributed by atoms with E-state index in [1.165, 1.54) is 12.2 Å². The summed E-state index contributed by atoms with van der Waals surface area (Å²) >= 11 is 6.57. The summed E-state index contributed by atoms with van der Waals surface area (Å²) in [6.07, 6.45) is 14.7. The molecule has 0 heterocycles. The first-order valence-corrected chi connectivity index (χ1v) is 16.1. The van der Waals surface area contributed by atoms with Crippen molar-refractivity contribution in [2.75, 3.05) is 13.2 Å². The van der Waals surface area contributed by atoms with Gasteiger partial charge in [0.25, 0.3) is 0 Å². The minimum absolute atomic E-state index is 0.223. The Bertz CT molecular complexity index is 1270. The first kappa shape index (κ1) is 34.2. The molecule has 2 atom stereocenters. The smallest absolute Gasteiger partial charge is 0.330 e. The number of benzene rings is 2. The van der Waals surface area contributed by atoms with E-state index in [2.05, 4.69) is 27.0 Å². The molecule has 0 radical (unpaired) electrons. The largest absolute Gasteiger partial charge is 0.489 e. The summed E-state index contributed by atoms with van der Waals surface area (Å²) in [7, 11) is 0. The fourth-order valence-electron chi connectivity index (χ4n) is 5.39. The average Bonchev–Trinajstić information content (AvgIpc) is 3.02. The number of esters is 2. The van der Waals surface area contributed by atoms with Crippen LogP contribution in [0.3, 0.4) is 0 Å². The van der Waals surface area contributed by atoms with Crippen LogP contribution in [0, 0.1) is 0 Å². The maximum atomic E-state index is 12.1. The van der Waals surface area contributed by atoms with Gasteiger partial charge in [-0.25, -0.2) is 9.59 Å². The summed E-state index contributed by atoms with van der Waals surface area (Å²) in [6.45, 7) is 11.9. The van der Waals surface area contributed by atoms with Crippen molar-refractivity contribution in [3.63, 3.8) is 0 Å². The second-order valence-corrected chi connectivity index (χ2v) is 11.5. The minimum Gasteiger partial charge on any atom is -0.489 e. The number of carbonyl (C=O) groups is 2. The van der Waals surface area contributed by atoms with Gasteiger partial charge in [0.1, 0.15) is 36.9 Å². The van der Waals surface area contributed by atoms with Gasteiger partial charge in [-0.05, 0) is 32.1 Å². The average molecular weight is 611 g/mol. The van der Waals surface area contributed by atoms with Gasteiger partial charge in [-0.3, -0.25) is 0 Å². The molecule has 0 N–H and O–H groups in total. The van der Waals surface area contributed by atoms with Crippen molar-refractivity contribution in [1.82, 2.24) is 0 Å². The molecule has 0 saturated heterocycles. The van der Waals surface area contributed by atoms with E-state index in [0.717, 1.165) is 96.2 Å². The standard InChI is InChI=1S/C36H47ClO6/c1-5-9-11-13-17-27(42-33(38)7-3)24-40-35-29-19-15-16-20-30(29)36(32-23-26(37)21-22-31(32)35)41-25-28(43-34(39)8-4)18-14-12-10-6-2/h7-8,15-16,19-21,27-28H,3-6,9-14,17-18,22-25H2,1-2H3. The van der Waals surface area contributed by atoms with Crippen LogP contribution in [0.5, 0.6) is 11.5 Å². The number of ether oxygens (including phenoxy) is 4. The second-order valence-electron chi connectivity index (χ2n) is 11.0. The first-order chi connectivity index (χ1) is 20.9. The number of rotatable bonds is 20. The SMILES string of the molecule is C=CC(=O)OC(CCCCCC)COc1c2c(c(OCC(CCCCCC)OC(=O)C=C)c3ccccc13)CC(Cl)=CC2. The van der Waals surface area contributed by atoms with E-state index in [4.69, 9.17) is 30.5 Å². The molecule has 1 aliphatic carbocycles. The molecule has 0 bridgehead atoms. The summed E-state index contributed by atoms with van der Waals surface area (Å²) in [6, 6.07) is 7.97. The van der Waals surface area contributed by atoms with Gasteiger partial charge in [0.05, 0.1) is 0 Å². The number of allylic oxidation sites excluding steroid dienone is 2. The van der Waals surface area contributed by atoms with Crippen LogP contribution in [0.25, 0.3) is 10.8 Å². The predicted molar refractivity (Wildman–Crippen MR) is 174 cm³/mol. The molecular weight excluding hydrogens is 564 g/mol. The van der Waals surface area contributed by atoms with Crippen LogP contribution in [-0.2, 0) is 31.9 Å². The lowest BCUT2D eigenvalue weighted by Gasteiger charge is -2.27. The van der Waals surface area contributed by atoms with E-state index >= 15 is 0 Å². The molecule has 0 aromatic heterocycles. The number of hydrogen-bond donors (Lipinski definition) is 0. The Balaban J connectivity index is 1.91. The fraction of sp³-hybridized carbons (Fsp3) is 0.500. The van der Waals surface area contributed by atoms with Crippen LogP contribution < -0.4 is 9.47 Å². The highest BCUT2D eigenvalue weighted by Gasteiger charge is 2.26. The summed E-state index contributed by atoms with van der Waals surface area (Å²) in [4.78, 5) is 24.2. The minimum atomic E-state index is -0.452. The number of carbonyl (C=O) groups excluding carboxylic acids is 2. The van der Waals surface area contributed by atoms with Crippen molar-refractivity contribution >= 4 is 34.3 Å². The Kier molecular flexibility index (Phi) is 14.7. The van der Waals surface area contributed by atoms with Crippen LogP contribution in [0.4, 0.5) is 0 Å². The molecule has 0 spiro atoms. The van der Waals surface area contributed by atoms with E-state index in [-0.39, 0.29) is 19.3 Å². The third kappa shape index (κ3) is 10.5. The molecular formula is C36H47ClO6. The van der Waals surface area contributed by atoms with E-state index in [9.17, 15) is 9.59 Å². The normalized spacial score (nSPS) is 13.8. The van der Waals surface area contributed by atoms with E-state index in [1.807, 2.05) is 30.3 Å². The molecule has 0 amide bonds. The van der Waals surface area contributed by atoms with Crippen molar-refractivity contribution in [3.05, 3.63) is 71.8 Å². The van der Waals surface area contributed by atoms with Gasteiger partial charge in [0.2, 0.25) is 0 Å². The molecule has 0 saturated carbocycles. The summed E-state index contributed by atoms with van der Waals surface area (Å²) in [5.41, 5.74) is 1.96. The van der Waals surface area contributed by atoms with E-state index in [1.54, 1.807) is 0 Å². The number of fused-ring (bicyclic) bond motifs is 2. The number of hydrogen-bond acceptors (Lipinski definition) is 6. The Morgan fingerprint density at radius 3 is 1.74 bits per heavy atom. The van der Waals surface area contributed by atoms with Gasteiger partial charge in [0, 0.05) is 45.5 Å². The highest BCUT2D eigenvalue weighted by atomic mass is 35.5. The molecule has 43 heavy (non-hydrogen) atoms. The van der Waals surface area contributed by atoms with Crippen molar-refractivity contribution < 1.29 is 28.5 Å². The maximum absolute atomic E-state index is 12.1. The Hall–Kier alpha value is -3.25. The highest BCUT2D eigenvalue weighted by molar-refractivity contribution is 6.30. The molecule has 2 aromatic carbocycles. The molecule has 234 valence electrons. The third-order valence-corrected chi connectivity index (χ3v) is 7.98. The summed E-state index contributed by atoms with van der Waals surface area (Å²) < 4.78 is 24.4. The van der Waals surface area contributed by atoms with Crippen LogP contribution >= 0.6 is 11.6 Å². The molecule has 0 fully saturated rings. The fourth-order valence-corrected chi connectivity index (χ4v) is 5.60. The van der Waals surface area contributed by atoms with Crippen LogP contribution in [-0.4, -0.2) is 37.4 Å². The topological polar surface area (TPSA) is 71.1 Å². The molecule has 2 aromatic rings. The molecule has 2 unspecified atom stereocenters. The van der Waals surface area contributed by atoms with Gasteiger partial charge in [-0.15, -0.1) is 0 Å². The molecule has 1 aliphatic rings. The zero-order valence-corrected chi connectivity index (χ0v) is 26.6. The van der Waals surface area contributed by atoms with Crippen molar-refractivity contribution in [2.24, 2.45) is 0 Å². The summed E-state index contributed by atoms with van der Waals surface area (Å²) in [5, 5.41) is 2.54. The van der Waals surface area contributed by atoms with Crippen molar-refractivity contribution in [1.29, 1.82) is 0 Å². The quantitative estimate of drug-likeness (QED) is 0.0846. The number of unbranched alkanes of at least 4 members (excludes halogenated alkanes) is 6. The van der Waals surface area contributed by atoms with E-state index < -0.39 is 18.0 Å². The van der Waals surface area contributed by atoms with Crippen molar-refractivity contribution in [3.8, 4) is 11.5 Å². The Morgan fingerprint density at radius 2 is 1.28 bits per heavy atom. The highest BCUT2D eigenvalue weighted by Crippen LogP contribution is 2.44. The third-order valence-electron chi connectivity index (χ3n) is 7.69. The van der Waals surface area contributed by atoms with Crippen molar-refractivity contribution in [2.45, 2.75) is 103 Å². The van der Waals surface area contributed by atoms with Crippen LogP contribution in [0.2, 0.25) is 0 Å². The molecule has 3 rings (SSSR count). The molecule has 6 nitrogen and oxygen atoms in total. The van der Waals surface area contributed by atoms with Crippen LogP contribution in [0.1, 0.15) is 89.2 Å². The Labute approximate surface area is 262 Å². The van der Waals surface area contributed by atoms with Gasteiger partial charge in [-0.1, -0.05) is 107 Å². The molecule has 0 aliphatic heterocycles. The lowest BCUT2D eigenvalue weighted by Crippen LogP contribution is -2.26. The van der Waals surface area contributed by atoms with Gasteiger partial charge in [-0.2, -0.15) is 0 Å². The van der Waals surface area contributed by atoms with Crippen LogP contribution in [0.15, 0.2) is 60.7 Å². The lowest BCUT2D eigenvalue weighted by molar-refractivity contribution is -0.145. The second kappa shape index (κ2) is 18.4. The zero-order valence-electron chi connectivity index (χ0n) is 25.8. The van der Waals surface area contributed by atoms with Gasteiger partial charge in [0.15, 0.2) is 0 Å². The van der Waals surface area contributed by atoms with E-state index in [0.29, 0.717) is 19.3 Å². The maximum Gasteiger partial charge on any atom is 0.330 e. The Morgan fingerprint density at radius 1 is 0.791 bits per heavy atom.